The molecule has 0 saturated carbocycles. The molecule has 0 radical (unpaired) electrons. The molecule has 0 atom stereocenters. The molecule has 0 aromatic carbocycles. The maximum absolute atomic E-state index is 12.5. The standard InChI is InChI=1S/C19H20N6OS.C2HF3O2.CH4/c1-3-15(4-2)24-19(26)17-5-12(11-27-17)16-9-23-25-10-14(6-20-18(16)25)13-7-21-22-8-13;3-2(4,5)1(6)7;/h5-11,15H,3-4H2,1-2H3,(H2,21,22,24,26);(H,6,7);1H4. The number of hydrogen-bond donors (Lipinski definition) is 3. The van der Waals surface area contributed by atoms with Gasteiger partial charge in [0.1, 0.15) is 12.2 Å². The van der Waals surface area contributed by atoms with E-state index in [4.69, 9.17) is 9.90 Å². The molecule has 0 aliphatic heterocycles. The third-order valence-corrected chi connectivity index (χ3v) is 5.86. The van der Waals surface area contributed by atoms with Gasteiger partial charge in [0.05, 0.1) is 28.4 Å². The first-order valence-electron chi connectivity index (χ1n) is 10.2. The zero-order valence-electron chi connectivity index (χ0n) is 18.1. The third-order valence-electron chi connectivity index (χ3n) is 4.93. The molecule has 0 saturated heterocycles. The molecule has 1 amide bonds. The lowest BCUT2D eigenvalue weighted by Gasteiger charge is -2.13. The van der Waals surface area contributed by atoms with Gasteiger partial charge in [-0.3, -0.25) is 9.89 Å². The van der Waals surface area contributed by atoms with Crippen molar-refractivity contribution in [1.29, 1.82) is 0 Å². The first-order valence-corrected chi connectivity index (χ1v) is 11.1. The fraction of sp³-hybridized carbons (Fsp3) is 0.318. The van der Waals surface area contributed by atoms with E-state index in [9.17, 15) is 18.0 Å². The number of H-pyrrole nitrogens is 2. The first kappa shape index (κ1) is 27.5. The fourth-order valence-corrected chi connectivity index (χ4v) is 3.85. The summed E-state index contributed by atoms with van der Waals surface area (Å²) in [6, 6.07) is 2.15. The number of aliphatic carboxylic acids is 1. The number of carboxylic acids is 1. The van der Waals surface area contributed by atoms with Crippen LogP contribution in [0.1, 0.15) is 43.8 Å². The Morgan fingerprint density at radius 2 is 1.86 bits per heavy atom. The van der Waals surface area contributed by atoms with Crippen molar-refractivity contribution in [2.45, 2.75) is 46.3 Å². The highest BCUT2D eigenvalue weighted by Gasteiger charge is 2.28. The summed E-state index contributed by atoms with van der Waals surface area (Å²) >= 11 is 1.45. The maximum Gasteiger partial charge on any atom is 0.430 e. The van der Waals surface area contributed by atoms with Crippen LogP contribution in [-0.2, 0) is 4.79 Å². The molecule has 0 aliphatic rings. The number of carbonyl (C=O) groups excluding carboxylic acids is 2. The monoisotopic (exact) mass is 510 g/mol. The number of carbonyl (C=O) groups is 2. The lowest BCUT2D eigenvalue weighted by atomic mass is 10.1. The van der Waals surface area contributed by atoms with Gasteiger partial charge >= 0.3 is 11.8 Å². The highest BCUT2D eigenvalue weighted by atomic mass is 32.1. The lowest BCUT2D eigenvalue weighted by Crippen LogP contribution is -2.37. The second-order valence-electron chi connectivity index (χ2n) is 7.18. The Balaban J connectivity index is 0.000000476. The van der Waals surface area contributed by atoms with E-state index in [1.807, 2.05) is 40.7 Å². The van der Waals surface area contributed by atoms with Gasteiger partial charge in [0, 0.05) is 23.4 Å². The Labute approximate surface area is 203 Å². The van der Waals surface area contributed by atoms with Crippen LogP contribution in [0, 0.1) is 0 Å². The molecular weight excluding hydrogens is 485 g/mol. The van der Waals surface area contributed by atoms with E-state index in [0.29, 0.717) is 4.88 Å². The van der Waals surface area contributed by atoms with Crippen molar-refractivity contribution in [2.75, 3.05) is 0 Å². The van der Waals surface area contributed by atoms with Crippen LogP contribution in [0.15, 0.2) is 42.4 Å². The quantitative estimate of drug-likeness (QED) is 0.343. The molecule has 9 nitrogen and oxygen atoms in total. The molecule has 4 heterocycles. The molecule has 0 spiro atoms. The van der Waals surface area contributed by atoms with Crippen molar-refractivity contribution >= 4 is 28.9 Å². The van der Waals surface area contributed by atoms with Gasteiger partial charge in [0.15, 0.2) is 6.20 Å². The lowest BCUT2D eigenvalue weighted by molar-refractivity contribution is -0.578. The molecule has 4 aromatic rings. The van der Waals surface area contributed by atoms with Gasteiger partial charge in [-0.15, -0.1) is 15.9 Å². The summed E-state index contributed by atoms with van der Waals surface area (Å²) in [4.78, 5) is 26.6. The predicted molar refractivity (Wildman–Crippen MR) is 122 cm³/mol. The Kier molecular flexibility index (Phi) is 9.12. The van der Waals surface area contributed by atoms with Crippen LogP contribution in [0.25, 0.3) is 27.9 Å². The summed E-state index contributed by atoms with van der Waals surface area (Å²) in [5.74, 6) is -3.02. The molecule has 4 rings (SSSR count). The number of amides is 1. The van der Waals surface area contributed by atoms with Gasteiger partial charge in [0.2, 0.25) is 0 Å². The first-order chi connectivity index (χ1) is 16.1. The van der Waals surface area contributed by atoms with Gasteiger partial charge in [0.25, 0.3) is 5.91 Å². The minimum absolute atomic E-state index is 0. The van der Waals surface area contributed by atoms with Crippen molar-refractivity contribution in [3.8, 4) is 22.3 Å². The van der Waals surface area contributed by atoms with Gasteiger partial charge in [-0.2, -0.15) is 18.3 Å². The number of aromatic amines is 2. The topological polar surface area (TPSA) is 131 Å². The van der Waals surface area contributed by atoms with Gasteiger partial charge < -0.3 is 15.2 Å². The highest BCUT2D eigenvalue weighted by Crippen LogP contribution is 2.27. The smallest absolute Gasteiger partial charge is 0.430 e. The van der Waals surface area contributed by atoms with Crippen LogP contribution in [0.5, 0.6) is 0 Å². The zero-order chi connectivity index (χ0) is 24.9. The average Bonchev–Trinajstić information content (AvgIpc) is 3.56. The number of rotatable bonds is 6. The third kappa shape index (κ3) is 6.66. The highest BCUT2D eigenvalue weighted by molar-refractivity contribution is 7.12. The predicted octanol–water partition coefficient (Wildman–Crippen LogP) is 3.12. The van der Waals surface area contributed by atoms with Crippen LogP contribution in [0.4, 0.5) is 13.2 Å². The summed E-state index contributed by atoms with van der Waals surface area (Å²) < 4.78 is 33.4. The Morgan fingerprint density at radius 3 is 2.43 bits per heavy atom. The average molecular weight is 511 g/mol. The number of aromatic nitrogens is 5. The summed E-state index contributed by atoms with van der Waals surface area (Å²) in [5, 5.41) is 23.9. The number of carboxylic acid groups (broad SMARTS) is 1. The molecule has 0 fully saturated rings. The summed E-state index contributed by atoms with van der Waals surface area (Å²) in [5.41, 5.74) is 4.70. The van der Waals surface area contributed by atoms with E-state index in [-0.39, 0.29) is 19.4 Å². The number of hydrogen-bond acceptors (Lipinski definition) is 6. The second kappa shape index (κ2) is 11.6. The van der Waals surface area contributed by atoms with Crippen molar-refractivity contribution in [3.63, 3.8) is 0 Å². The number of thiophene rings is 1. The van der Waals surface area contributed by atoms with Crippen LogP contribution < -0.4 is 14.9 Å². The maximum atomic E-state index is 12.5. The minimum Gasteiger partial charge on any atom is -0.542 e. The molecule has 4 aromatic heterocycles. The SMILES string of the molecule is C.CCC(CC)NC(=O)c1cc(-c2c[nH][n+]3cc(-c4cn[nH]c4)cnc23)cs1.O=C([O-])C(F)(F)F. The van der Waals surface area contributed by atoms with Crippen molar-refractivity contribution in [1.82, 2.24) is 25.6 Å². The van der Waals surface area contributed by atoms with Crippen molar-refractivity contribution in [2.24, 2.45) is 0 Å². The molecule has 0 bridgehead atoms. The Bertz CT molecular complexity index is 1260. The molecule has 3 N–H and O–H groups in total. The fourth-order valence-electron chi connectivity index (χ4n) is 3.04. The van der Waals surface area contributed by atoms with Crippen LogP contribution in [0.2, 0.25) is 0 Å². The van der Waals surface area contributed by atoms with Crippen molar-refractivity contribution in [3.05, 3.63) is 47.3 Å². The number of halogens is 3. The molecule has 13 heteroatoms. The van der Waals surface area contributed by atoms with E-state index in [1.54, 1.807) is 6.20 Å². The van der Waals surface area contributed by atoms with E-state index < -0.39 is 12.1 Å². The van der Waals surface area contributed by atoms with E-state index >= 15 is 0 Å². The summed E-state index contributed by atoms with van der Waals surface area (Å²) in [7, 11) is 0. The molecule has 0 unspecified atom stereocenters. The Morgan fingerprint density at radius 1 is 1.17 bits per heavy atom. The minimum atomic E-state index is -5.19. The normalized spacial score (nSPS) is 11.0. The summed E-state index contributed by atoms with van der Waals surface area (Å²) in [6.07, 6.45) is 5.97. The van der Waals surface area contributed by atoms with Crippen LogP contribution >= 0.6 is 11.3 Å². The number of nitrogens with zero attached hydrogens (tertiary/aromatic N) is 3. The van der Waals surface area contributed by atoms with Crippen LogP contribution in [0.3, 0.4) is 0 Å². The number of fused-ring (bicyclic) bond motifs is 1. The van der Waals surface area contributed by atoms with Crippen LogP contribution in [-0.4, -0.2) is 44.4 Å². The number of nitrogens with one attached hydrogen (secondary N) is 3. The molecule has 35 heavy (non-hydrogen) atoms. The second-order valence-corrected chi connectivity index (χ2v) is 8.09. The van der Waals surface area contributed by atoms with Gasteiger partial charge in [-0.25, -0.2) is 5.10 Å². The number of alkyl halides is 3. The van der Waals surface area contributed by atoms with E-state index in [1.165, 1.54) is 11.3 Å². The largest absolute Gasteiger partial charge is 0.542 e. The molecule has 0 aliphatic carbocycles. The summed E-state index contributed by atoms with van der Waals surface area (Å²) in [6.45, 7) is 4.17. The molecule has 188 valence electrons. The van der Waals surface area contributed by atoms with E-state index in [0.717, 1.165) is 40.7 Å². The Hall–Kier alpha value is -3.74. The zero-order valence-corrected chi connectivity index (χ0v) is 19.0. The molecular formula is C22H25F3N6O3S. The van der Waals surface area contributed by atoms with Gasteiger partial charge in [-0.05, 0) is 29.3 Å². The van der Waals surface area contributed by atoms with Gasteiger partial charge in [-0.1, -0.05) is 21.3 Å². The van der Waals surface area contributed by atoms with E-state index in [2.05, 4.69) is 39.4 Å². The van der Waals surface area contributed by atoms with Crippen molar-refractivity contribution < 1.29 is 32.4 Å².